The number of nitrogens with one attached hydrogen (secondary N) is 1. The van der Waals surface area contributed by atoms with Crippen molar-refractivity contribution in [1.29, 1.82) is 0 Å². The van der Waals surface area contributed by atoms with Crippen molar-refractivity contribution in [2.45, 2.75) is 36.7 Å². The zero-order valence-corrected chi connectivity index (χ0v) is 11.9. The summed E-state index contributed by atoms with van der Waals surface area (Å²) in [5, 5.41) is 23.8. The van der Waals surface area contributed by atoms with Crippen LogP contribution in [-0.2, 0) is 9.53 Å². The molecule has 0 radical (unpaired) electrons. The number of hydrogen-bond donors (Lipinski definition) is 3. The molecule has 2 aliphatic rings. The molecule has 2 aliphatic heterocycles. The van der Waals surface area contributed by atoms with Crippen LogP contribution in [0.4, 0.5) is 0 Å². The van der Waals surface area contributed by atoms with Gasteiger partial charge in [-0.25, -0.2) is 0 Å². The Morgan fingerprint density at radius 2 is 2.16 bits per heavy atom. The molecule has 0 bridgehead atoms. The lowest BCUT2D eigenvalue weighted by Gasteiger charge is -2.38. The van der Waals surface area contributed by atoms with Crippen molar-refractivity contribution < 1.29 is 19.7 Å². The molecular weight excluding hydrogens is 270 g/mol. The predicted molar refractivity (Wildman–Crippen MR) is 71.9 cm³/mol. The highest BCUT2D eigenvalue weighted by atomic mass is 32.2. The molecule has 0 aromatic carbocycles. The monoisotopic (exact) mass is 289 g/mol. The van der Waals surface area contributed by atoms with Crippen LogP contribution in [0.3, 0.4) is 0 Å². The number of carbonyl (C=O) groups is 1. The molecular formula is C11H19N3O4S. The fraction of sp³-hybridized carbons (Fsp3) is 0.818. The van der Waals surface area contributed by atoms with Crippen molar-refractivity contribution in [3.8, 4) is 0 Å². The molecule has 1 saturated heterocycles. The minimum Gasteiger partial charge on any atom is -0.388 e. The first-order chi connectivity index (χ1) is 8.95. The summed E-state index contributed by atoms with van der Waals surface area (Å²) in [4.78, 5) is 17.5. The van der Waals surface area contributed by atoms with Gasteiger partial charge < -0.3 is 25.2 Å². The first-order valence-electron chi connectivity index (χ1n) is 6.16. The summed E-state index contributed by atoms with van der Waals surface area (Å²) >= 11 is 1.33. The van der Waals surface area contributed by atoms with E-state index in [0.717, 1.165) is 0 Å². The molecule has 1 fully saturated rings. The standard InChI is InChI=1S/C11H19N3O4S/c1-4-12-11-13-5-6(15)7(16)8(9(17)14(2)3)18-10(5)19-11/h5-8,10,15-16H,4H2,1-3H3,(H,12,13)/t5-,6+,7-,8-,10-/m0/s1. The summed E-state index contributed by atoms with van der Waals surface area (Å²) in [6, 6.07) is -0.541. The van der Waals surface area contributed by atoms with Gasteiger partial charge >= 0.3 is 0 Å². The second-order valence-electron chi connectivity index (χ2n) is 4.71. The van der Waals surface area contributed by atoms with Gasteiger partial charge in [-0.2, -0.15) is 0 Å². The Hall–Kier alpha value is -0.830. The van der Waals surface area contributed by atoms with E-state index in [2.05, 4.69) is 10.3 Å². The lowest BCUT2D eigenvalue weighted by molar-refractivity contribution is -0.177. The average Bonchev–Trinajstić information content (AvgIpc) is 2.76. The zero-order valence-electron chi connectivity index (χ0n) is 11.1. The topological polar surface area (TPSA) is 94.4 Å². The van der Waals surface area contributed by atoms with Gasteiger partial charge in [0.1, 0.15) is 23.7 Å². The number of carbonyl (C=O) groups excluding carboxylic acids is 1. The number of likely N-dealkylation sites (N-methyl/N-ethyl adjacent to an activating group) is 1. The van der Waals surface area contributed by atoms with Gasteiger partial charge in [0.15, 0.2) is 11.3 Å². The number of hydrogen-bond acceptors (Lipinski definition) is 7. The van der Waals surface area contributed by atoms with E-state index in [9.17, 15) is 15.0 Å². The number of rotatable bonds is 2. The highest BCUT2D eigenvalue weighted by molar-refractivity contribution is 8.14. The van der Waals surface area contributed by atoms with Gasteiger partial charge in [-0.3, -0.25) is 9.79 Å². The fourth-order valence-corrected chi connectivity index (χ4v) is 3.22. The van der Waals surface area contributed by atoms with Crippen LogP contribution in [0, 0.1) is 0 Å². The first kappa shape index (κ1) is 14.6. The molecule has 1 amide bonds. The number of amidine groups is 1. The molecule has 0 aromatic rings. The van der Waals surface area contributed by atoms with Crippen molar-refractivity contribution in [2.75, 3.05) is 20.6 Å². The van der Waals surface area contributed by atoms with Crippen LogP contribution >= 0.6 is 11.8 Å². The Morgan fingerprint density at radius 1 is 1.47 bits per heavy atom. The van der Waals surface area contributed by atoms with E-state index in [-0.39, 0.29) is 5.91 Å². The van der Waals surface area contributed by atoms with E-state index in [4.69, 9.17) is 4.74 Å². The van der Waals surface area contributed by atoms with Gasteiger partial charge in [0, 0.05) is 20.6 Å². The molecule has 5 atom stereocenters. The van der Waals surface area contributed by atoms with E-state index in [1.807, 2.05) is 6.92 Å². The van der Waals surface area contributed by atoms with Gasteiger partial charge in [-0.05, 0) is 6.92 Å². The molecule has 3 N–H and O–H groups in total. The summed E-state index contributed by atoms with van der Waals surface area (Å²) < 4.78 is 5.60. The number of ether oxygens (including phenoxy) is 1. The van der Waals surface area contributed by atoms with Crippen molar-refractivity contribution in [3.63, 3.8) is 0 Å². The fourth-order valence-electron chi connectivity index (χ4n) is 2.06. The van der Waals surface area contributed by atoms with E-state index >= 15 is 0 Å². The first-order valence-corrected chi connectivity index (χ1v) is 7.04. The number of aliphatic hydroxyl groups excluding tert-OH is 2. The average molecular weight is 289 g/mol. The maximum absolute atomic E-state index is 11.9. The van der Waals surface area contributed by atoms with Gasteiger partial charge in [0.2, 0.25) is 0 Å². The van der Waals surface area contributed by atoms with E-state index < -0.39 is 29.8 Å². The summed E-state index contributed by atoms with van der Waals surface area (Å²) in [6.45, 7) is 2.65. The Morgan fingerprint density at radius 3 is 2.74 bits per heavy atom. The van der Waals surface area contributed by atoms with Gasteiger partial charge in [-0.1, -0.05) is 11.8 Å². The SMILES string of the molecule is CCNC1=N[C@H]2[C@@H](O)[C@H](O)[C@@H](C(=O)N(C)C)O[C@H]2S1. The normalized spacial score (nSPS) is 37.5. The molecule has 2 heterocycles. The van der Waals surface area contributed by atoms with Crippen molar-refractivity contribution in [2.24, 2.45) is 4.99 Å². The molecule has 0 saturated carbocycles. The highest BCUT2D eigenvalue weighted by Gasteiger charge is 2.50. The molecule has 7 nitrogen and oxygen atoms in total. The maximum Gasteiger partial charge on any atom is 0.254 e. The summed E-state index contributed by atoms with van der Waals surface area (Å²) in [5.41, 5.74) is -0.443. The number of amides is 1. The second-order valence-corrected chi connectivity index (χ2v) is 5.80. The number of fused-ring (bicyclic) bond motifs is 1. The van der Waals surface area contributed by atoms with Crippen LogP contribution in [0.15, 0.2) is 4.99 Å². The Kier molecular flexibility index (Phi) is 4.34. The van der Waals surface area contributed by atoms with Crippen molar-refractivity contribution in [1.82, 2.24) is 10.2 Å². The summed E-state index contributed by atoms with van der Waals surface area (Å²) in [7, 11) is 3.17. The number of aliphatic imine (C=N–C) groups is 1. The molecule has 0 spiro atoms. The number of thioether (sulfide) groups is 1. The largest absolute Gasteiger partial charge is 0.388 e. The Bertz CT molecular complexity index is 390. The predicted octanol–water partition coefficient (Wildman–Crippen LogP) is -1.40. The maximum atomic E-state index is 11.9. The smallest absolute Gasteiger partial charge is 0.254 e. The molecule has 8 heteroatoms. The number of aliphatic hydroxyl groups is 2. The molecule has 0 aliphatic carbocycles. The van der Waals surface area contributed by atoms with E-state index in [1.54, 1.807) is 14.1 Å². The minimum atomic E-state index is -1.26. The quantitative estimate of drug-likeness (QED) is 0.579. The molecule has 0 aromatic heterocycles. The Balaban J connectivity index is 2.12. The molecule has 2 rings (SSSR count). The zero-order chi connectivity index (χ0) is 14.2. The third kappa shape index (κ3) is 2.71. The number of nitrogens with zero attached hydrogens (tertiary/aromatic N) is 2. The van der Waals surface area contributed by atoms with E-state index in [0.29, 0.717) is 11.7 Å². The molecule has 19 heavy (non-hydrogen) atoms. The lowest BCUT2D eigenvalue weighted by atomic mass is 9.97. The minimum absolute atomic E-state index is 0.359. The van der Waals surface area contributed by atoms with Crippen molar-refractivity contribution >= 4 is 22.8 Å². The lowest BCUT2D eigenvalue weighted by Crippen LogP contribution is -2.59. The van der Waals surface area contributed by atoms with Crippen LogP contribution < -0.4 is 5.32 Å². The summed E-state index contributed by atoms with van der Waals surface area (Å²) in [6.07, 6.45) is -3.41. The molecule has 108 valence electrons. The molecule has 0 unspecified atom stereocenters. The van der Waals surface area contributed by atoms with Gasteiger partial charge in [-0.15, -0.1) is 0 Å². The van der Waals surface area contributed by atoms with Crippen LogP contribution in [0.5, 0.6) is 0 Å². The Labute approximate surface area is 116 Å². The van der Waals surface area contributed by atoms with Gasteiger partial charge in [0.05, 0.1) is 0 Å². The van der Waals surface area contributed by atoms with Crippen LogP contribution in [0.25, 0.3) is 0 Å². The second kappa shape index (κ2) is 5.66. The third-order valence-electron chi connectivity index (χ3n) is 3.08. The van der Waals surface area contributed by atoms with Gasteiger partial charge in [0.25, 0.3) is 5.91 Å². The van der Waals surface area contributed by atoms with Crippen molar-refractivity contribution in [3.05, 3.63) is 0 Å². The van der Waals surface area contributed by atoms with Crippen LogP contribution in [-0.4, -0.2) is 76.6 Å². The van der Waals surface area contributed by atoms with Crippen LogP contribution in [0.1, 0.15) is 6.92 Å². The summed E-state index contributed by atoms with van der Waals surface area (Å²) in [5.74, 6) is -0.359. The third-order valence-corrected chi connectivity index (χ3v) is 4.17. The highest BCUT2D eigenvalue weighted by Crippen LogP contribution is 2.36. The van der Waals surface area contributed by atoms with Crippen LogP contribution in [0.2, 0.25) is 0 Å². The van der Waals surface area contributed by atoms with E-state index in [1.165, 1.54) is 16.7 Å².